The van der Waals surface area contributed by atoms with E-state index in [2.05, 4.69) is 5.32 Å². The zero-order valence-corrected chi connectivity index (χ0v) is 16.8. The van der Waals surface area contributed by atoms with Crippen molar-refractivity contribution in [3.8, 4) is 0 Å². The summed E-state index contributed by atoms with van der Waals surface area (Å²) in [5.74, 6) is 1.56. The summed E-state index contributed by atoms with van der Waals surface area (Å²) < 4.78 is 5.69. The lowest BCUT2D eigenvalue weighted by molar-refractivity contribution is -0.141. The molecule has 0 saturated heterocycles. The van der Waals surface area contributed by atoms with Crippen LogP contribution in [0.25, 0.3) is 0 Å². The molecule has 1 aromatic rings. The molecule has 0 spiro atoms. The van der Waals surface area contributed by atoms with Crippen molar-refractivity contribution in [2.75, 3.05) is 6.54 Å². The molecule has 2 saturated carbocycles. The fourth-order valence-electron chi connectivity index (χ4n) is 5.14. The third-order valence-corrected chi connectivity index (χ3v) is 6.71. The number of nitrogens with one attached hydrogen (secondary N) is 1. The molecule has 2 aliphatic carbocycles. The van der Waals surface area contributed by atoms with E-state index in [-0.39, 0.29) is 0 Å². The molecule has 0 heterocycles. The SMILES string of the molecule is CC(C)(C)[C@](Cc1ccccc1)(OC(N)=O)[C@H](O)CN[C@H]1CC2CCC1C2. The molecule has 5 atom stereocenters. The Labute approximate surface area is 162 Å². The number of carbonyl (C=O) groups excluding carboxylic acids is 1. The Morgan fingerprint density at radius 3 is 2.48 bits per heavy atom. The van der Waals surface area contributed by atoms with E-state index in [1.807, 2.05) is 51.1 Å². The van der Waals surface area contributed by atoms with Crippen LogP contribution in [0.3, 0.4) is 0 Å². The molecule has 5 heteroatoms. The standard InChI is InChI=1S/C22H34N2O3/c1-21(2,3)22(27-20(23)26,13-15-7-5-4-6-8-15)19(25)14-24-18-12-16-9-10-17(18)11-16/h4-8,16-19,24-25H,9-14H2,1-3H3,(H2,23,26)/t16?,17?,18-,19+,22+/m0/s1. The van der Waals surface area contributed by atoms with Crippen molar-refractivity contribution in [3.63, 3.8) is 0 Å². The van der Waals surface area contributed by atoms with Crippen LogP contribution < -0.4 is 11.1 Å². The number of amides is 1. The molecule has 2 fully saturated rings. The Morgan fingerprint density at radius 2 is 1.96 bits per heavy atom. The van der Waals surface area contributed by atoms with Gasteiger partial charge in [-0.05, 0) is 36.7 Å². The first-order chi connectivity index (χ1) is 12.7. The Kier molecular flexibility index (Phi) is 5.82. The van der Waals surface area contributed by atoms with Gasteiger partial charge in [-0.2, -0.15) is 0 Å². The molecule has 2 bridgehead atoms. The van der Waals surface area contributed by atoms with Crippen molar-refractivity contribution >= 4 is 6.09 Å². The van der Waals surface area contributed by atoms with Crippen LogP contribution in [0.15, 0.2) is 30.3 Å². The van der Waals surface area contributed by atoms with Crippen molar-refractivity contribution in [1.82, 2.24) is 5.32 Å². The van der Waals surface area contributed by atoms with Gasteiger partial charge in [-0.3, -0.25) is 0 Å². The highest BCUT2D eigenvalue weighted by atomic mass is 16.6. The largest absolute Gasteiger partial charge is 0.439 e. The van der Waals surface area contributed by atoms with Crippen molar-refractivity contribution in [2.45, 2.75) is 70.6 Å². The molecule has 0 aromatic heterocycles. The summed E-state index contributed by atoms with van der Waals surface area (Å²) in [5, 5.41) is 14.8. The zero-order chi connectivity index (χ0) is 19.7. The maximum Gasteiger partial charge on any atom is 0.405 e. The fraction of sp³-hybridized carbons (Fsp3) is 0.682. The van der Waals surface area contributed by atoms with Gasteiger partial charge in [-0.15, -0.1) is 0 Å². The van der Waals surface area contributed by atoms with Crippen molar-refractivity contribution in [3.05, 3.63) is 35.9 Å². The van der Waals surface area contributed by atoms with Crippen LogP contribution in [-0.4, -0.2) is 35.5 Å². The minimum atomic E-state index is -1.11. The molecule has 2 unspecified atom stereocenters. The lowest BCUT2D eigenvalue weighted by atomic mass is 9.69. The third kappa shape index (κ3) is 4.30. The Balaban J connectivity index is 1.79. The molecular weight excluding hydrogens is 340 g/mol. The number of ether oxygens (including phenoxy) is 1. The smallest absolute Gasteiger partial charge is 0.405 e. The van der Waals surface area contributed by atoms with E-state index in [9.17, 15) is 9.90 Å². The Bertz CT molecular complexity index is 643. The molecule has 2 aliphatic rings. The lowest BCUT2D eigenvalue weighted by Crippen LogP contribution is -2.61. The van der Waals surface area contributed by atoms with Gasteiger partial charge >= 0.3 is 6.09 Å². The van der Waals surface area contributed by atoms with Gasteiger partial charge in [0.05, 0.1) is 0 Å². The summed E-state index contributed by atoms with van der Waals surface area (Å²) in [4.78, 5) is 11.8. The first-order valence-electron chi connectivity index (χ1n) is 10.1. The van der Waals surface area contributed by atoms with Gasteiger partial charge in [0.25, 0.3) is 0 Å². The summed E-state index contributed by atoms with van der Waals surface area (Å²) in [6, 6.07) is 10.3. The number of rotatable bonds is 7. The summed E-state index contributed by atoms with van der Waals surface area (Å²) in [6.45, 7) is 6.35. The third-order valence-electron chi connectivity index (χ3n) is 6.71. The molecule has 0 aliphatic heterocycles. The van der Waals surface area contributed by atoms with Gasteiger partial charge in [-0.1, -0.05) is 57.5 Å². The number of primary amides is 1. The van der Waals surface area contributed by atoms with E-state index in [0.29, 0.717) is 19.0 Å². The molecule has 5 nitrogen and oxygen atoms in total. The van der Waals surface area contributed by atoms with Crippen molar-refractivity contribution < 1.29 is 14.6 Å². The lowest BCUT2D eigenvalue weighted by Gasteiger charge is -2.47. The summed E-state index contributed by atoms with van der Waals surface area (Å²) in [7, 11) is 0. The van der Waals surface area contributed by atoms with E-state index < -0.39 is 23.2 Å². The van der Waals surface area contributed by atoms with Crippen LogP contribution in [0, 0.1) is 17.3 Å². The summed E-state index contributed by atoms with van der Waals surface area (Å²) >= 11 is 0. The predicted molar refractivity (Wildman–Crippen MR) is 106 cm³/mol. The minimum Gasteiger partial charge on any atom is -0.439 e. The maximum absolute atomic E-state index is 11.8. The zero-order valence-electron chi connectivity index (χ0n) is 16.8. The molecular formula is C22H34N2O3. The van der Waals surface area contributed by atoms with Crippen LogP contribution in [0.2, 0.25) is 0 Å². The summed E-state index contributed by atoms with van der Waals surface area (Å²) in [6.07, 6.45) is 3.83. The molecule has 1 aromatic carbocycles. The number of carbonyl (C=O) groups is 1. The molecule has 1 amide bonds. The Hall–Kier alpha value is -1.59. The van der Waals surface area contributed by atoms with E-state index in [0.717, 1.165) is 17.4 Å². The Morgan fingerprint density at radius 1 is 1.26 bits per heavy atom. The van der Waals surface area contributed by atoms with Gasteiger partial charge in [0.15, 0.2) is 0 Å². The number of fused-ring (bicyclic) bond motifs is 2. The van der Waals surface area contributed by atoms with Gasteiger partial charge < -0.3 is 20.9 Å². The number of benzene rings is 1. The second-order valence-corrected chi connectivity index (χ2v) is 9.43. The van der Waals surface area contributed by atoms with Gasteiger partial charge in [-0.25, -0.2) is 4.79 Å². The average Bonchev–Trinajstić information content (AvgIpc) is 3.21. The second-order valence-electron chi connectivity index (χ2n) is 9.43. The first-order valence-corrected chi connectivity index (χ1v) is 10.1. The van der Waals surface area contributed by atoms with Crippen LogP contribution in [0.4, 0.5) is 4.79 Å². The number of aliphatic hydroxyl groups excluding tert-OH is 1. The van der Waals surface area contributed by atoms with E-state index in [4.69, 9.17) is 10.5 Å². The van der Waals surface area contributed by atoms with Gasteiger partial charge in [0.2, 0.25) is 0 Å². The van der Waals surface area contributed by atoms with Crippen molar-refractivity contribution in [1.29, 1.82) is 0 Å². The van der Waals surface area contributed by atoms with Gasteiger partial charge in [0, 0.05) is 24.4 Å². The molecule has 3 rings (SSSR count). The quantitative estimate of drug-likeness (QED) is 0.684. The van der Waals surface area contributed by atoms with Crippen LogP contribution >= 0.6 is 0 Å². The van der Waals surface area contributed by atoms with E-state index in [1.165, 1.54) is 25.7 Å². The van der Waals surface area contributed by atoms with Gasteiger partial charge in [0.1, 0.15) is 11.7 Å². The molecule has 0 radical (unpaired) electrons. The number of nitrogens with two attached hydrogens (primary N) is 1. The molecule has 150 valence electrons. The highest BCUT2D eigenvalue weighted by Gasteiger charge is 2.51. The summed E-state index contributed by atoms with van der Waals surface area (Å²) in [5.41, 5.74) is 4.85. The van der Waals surface area contributed by atoms with Crippen LogP contribution in [-0.2, 0) is 11.2 Å². The van der Waals surface area contributed by atoms with Crippen LogP contribution in [0.5, 0.6) is 0 Å². The monoisotopic (exact) mass is 374 g/mol. The van der Waals surface area contributed by atoms with E-state index >= 15 is 0 Å². The minimum absolute atomic E-state index is 0.394. The molecule has 4 N–H and O–H groups in total. The normalized spacial score (nSPS) is 27.9. The van der Waals surface area contributed by atoms with Crippen LogP contribution in [0.1, 0.15) is 52.0 Å². The number of hydrogen-bond donors (Lipinski definition) is 3. The predicted octanol–water partition coefficient (Wildman–Crippen LogP) is 3.25. The number of aliphatic hydroxyl groups is 1. The number of hydrogen-bond acceptors (Lipinski definition) is 4. The maximum atomic E-state index is 11.8. The first kappa shape index (κ1) is 20.2. The topological polar surface area (TPSA) is 84.6 Å². The average molecular weight is 375 g/mol. The van der Waals surface area contributed by atoms with Crippen molar-refractivity contribution in [2.24, 2.45) is 23.0 Å². The van der Waals surface area contributed by atoms with E-state index in [1.54, 1.807) is 0 Å². The second kappa shape index (κ2) is 7.80. The molecule has 27 heavy (non-hydrogen) atoms. The highest BCUT2D eigenvalue weighted by Crippen LogP contribution is 2.45. The fourth-order valence-corrected chi connectivity index (χ4v) is 5.14. The highest BCUT2D eigenvalue weighted by molar-refractivity contribution is 5.65.